The van der Waals surface area contributed by atoms with Gasteiger partial charge in [-0.3, -0.25) is 10.6 Å². The molecule has 3 N–H and O–H groups in total. The number of nitrogen functional groups attached to an aromatic ring is 1. The number of rotatable bonds is 5. The standard InChI is InChI=1S/C16H15ClN2O3/c1-11-2-8-14(9-3-11)21-10-15(20)22-19-16(18)12-4-6-13(17)7-5-12/h2-9H,10H2,1H3,(H2,18,19)/p+1. The highest BCUT2D eigenvalue weighted by Gasteiger charge is 2.09. The topological polar surface area (TPSA) is 75.5 Å². The SMILES string of the molecule is Cc1ccc(OCC(=O)O[NH+]=C(N)c2ccc(Cl)cc2)cc1. The minimum atomic E-state index is -0.586. The first-order chi connectivity index (χ1) is 10.5. The molecule has 0 unspecified atom stereocenters. The maximum atomic E-state index is 11.6. The number of benzene rings is 2. The average Bonchev–Trinajstić information content (AvgIpc) is 2.52. The van der Waals surface area contributed by atoms with Gasteiger partial charge in [0.05, 0.1) is 5.56 Å². The summed E-state index contributed by atoms with van der Waals surface area (Å²) in [6, 6.07) is 14.1. The molecule has 0 spiro atoms. The molecular formula is C16H16ClN2O3+. The predicted molar refractivity (Wildman–Crippen MR) is 83.5 cm³/mol. The van der Waals surface area contributed by atoms with Crippen LogP contribution in [0.2, 0.25) is 5.02 Å². The number of halogens is 1. The number of nitrogens with one attached hydrogen (secondary N) is 1. The molecule has 0 aliphatic carbocycles. The second-order valence-electron chi connectivity index (χ2n) is 4.60. The number of carbonyl (C=O) groups excluding carboxylic acids is 1. The lowest BCUT2D eigenvalue weighted by Gasteiger charge is -2.03. The molecule has 0 aliphatic rings. The molecule has 5 nitrogen and oxygen atoms in total. The van der Waals surface area contributed by atoms with Gasteiger partial charge in [0, 0.05) is 5.02 Å². The maximum Gasteiger partial charge on any atom is 0.394 e. The molecule has 0 fully saturated rings. The van der Waals surface area contributed by atoms with Crippen LogP contribution in [0.15, 0.2) is 48.5 Å². The molecule has 0 bridgehead atoms. The van der Waals surface area contributed by atoms with Gasteiger partial charge < -0.3 is 4.74 Å². The normalized spacial score (nSPS) is 11.1. The van der Waals surface area contributed by atoms with Crippen LogP contribution in [0.1, 0.15) is 11.1 Å². The third-order valence-electron chi connectivity index (χ3n) is 2.81. The van der Waals surface area contributed by atoms with E-state index in [1.807, 2.05) is 19.1 Å². The van der Waals surface area contributed by atoms with Crippen molar-refractivity contribution in [3.63, 3.8) is 0 Å². The van der Waals surface area contributed by atoms with E-state index in [2.05, 4.69) is 5.16 Å². The van der Waals surface area contributed by atoms with E-state index in [1.54, 1.807) is 36.4 Å². The lowest BCUT2D eigenvalue weighted by molar-refractivity contribution is -0.724. The van der Waals surface area contributed by atoms with E-state index in [-0.39, 0.29) is 12.4 Å². The quantitative estimate of drug-likeness (QED) is 0.373. The van der Waals surface area contributed by atoms with Gasteiger partial charge >= 0.3 is 11.8 Å². The van der Waals surface area contributed by atoms with Crippen LogP contribution in [-0.4, -0.2) is 18.4 Å². The van der Waals surface area contributed by atoms with E-state index in [0.717, 1.165) is 5.56 Å². The molecule has 0 saturated heterocycles. The van der Waals surface area contributed by atoms with E-state index in [4.69, 9.17) is 26.9 Å². The molecule has 0 aliphatic heterocycles. The van der Waals surface area contributed by atoms with Gasteiger partial charge in [0.25, 0.3) is 0 Å². The molecule has 0 aromatic heterocycles. The monoisotopic (exact) mass is 319 g/mol. The highest BCUT2D eigenvalue weighted by Crippen LogP contribution is 2.11. The molecule has 22 heavy (non-hydrogen) atoms. The number of ether oxygens (including phenoxy) is 1. The van der Waals surface area contributed by atoms with Gasteiger partial charge in [-0.2, -0.15) is 0 Å². The molecule has 0 amide bonds. The highest BCUT2D eigenvalue weighted by molar-refractivity contribution is 6.30. The first kappa shape index (κ1) is 15.9. The van der Waals surface area contributed by atoms with Gasteiger partial charge in [0.15, 0.2) is 6.61 Å². The maximum absolute atomic E-state index is 11.6. The zero-order valence-electron chi connectivity index (χ0n) is 12.0. The minimum absolute atomic E-state index is 0.209. The van der Waals surface area contributed by atoms with Gasteiger partial charge in [-0.1, -0.05) is 34.5 Å². The fraction of sp³-hybridized carbons (Fsp3) is 0.125. The summed E-state index contributed by atoms with van der Waals surface area (Å²) in [6.45, 7) is 1.75. The number of carbonyl (C=O) groups is 1. The molecular weight excluding hydrogens is 304 g/mol. The van der Waals surface area contributed by atoms with Crippen molar-refractivity contribution in [2.45, 2.75) is 6.92 Å². The largest absolute Gasteiger partial charge is 0.482 e. The van der Waals surface area contributed by atoms with E-state index >= 15 is 0 Å². The molecule has 0 radical (unpaired) electrons. The smallest absolute Gasteiger partial charge is 0.394 e. The van der Waals surface area contributed by atoms with Gasteiger partial charge in [-0.05, 0) is 43.3 Å². The van der Waals surface area contributed by atoms with Crippen molar-refractivity contribution in [3.8, 4) is 5.75 Å². The van der Waals surface area contributed by atoms with Crippen molar-refractivity contribution in [3.05, 3.63) is 64.7 Å². The second kappa shape index (κ2) is 7.47. The highest BCUT2D eigenvalue weighted by atomic mass is 35.5. The van der Waals surface area contributed by atoms with Gasteiger partial charge in [0.1, 0.15) is 5.75 Å². The summed E-state index contributed by atoms with van der Waals surface area (Å²) in [5.74, 6) is 0.218. The lowest BCUT2D eigenvalue weighted by Crippen LogP contribution is -2.76. The first-order valence-electron chi connectivity index (χ1n) is 6.58. The minimum Gasteiger partial charge on any atom is -0.482 e. The summed E-state index contributed by atoms with van der Waals surface area (Å²) in [6.07, 6.45) is 0. The molecule has 2 aromatic rings. The van der Waals surface area contributed by atoms with Crippen molar-refractivity contribution in [2.75, 3.05) is 6.61 Å². The third-order valence-corrected chi connectivity index (χ3v) is 3.06. The van der Waals surface area contributed by atoms with Crippen molar-refractivity contribution in [1.82, 2.24) is 0 Å². The Balaban J connectivity index is 1.85. The molecule has 0 atom stereocenters. The lowest BCUT2D eigenvalue weighted by atomic mass is 10.2. The summed E-state index contributed by atoms with van der Waals surface area (Å²) in [5.41, 5.74) is 7.54. The van der Waals surface area contributed by atoms with Crippen molar-refractivity contribution < 1.29 is 19.5 Å². The Hall–Kier alpha value is -2.53. The Kier molecular flexibility index (Phi) is 5.38. The first-order valence-corrected chi connectivity index (χ1v) is 6.96. The Bertz CT molecular complexity index is 667. The van der Waals surface area contributed by atoms with Crippen LogP contribution in [0.3, 0.4) is 0 Å². The number of hydrogen-bond donors (Lipinski definition) is 2. The molecule has 0 saturated carbocycles. The number of hydrogen-bond acceptors (Lipinski definition) is 3. The summed E-state index contributed by atoms with van der Waals surface area (Å²) in [5, 5.41) is 2.98. The van der Waals surface area contributed by atoms with Gasteiger partial charge in [-0.25, -0.2) is 4.79 Å². The van der Waals surface area contributed by atoms with Crippen LogP contribution in [0.25, 0.3) is 0 Å². The third kappa shape index (κ3) is 4.79. The molecule has 2 rings (SSSR count). The fourth-order valence-corrected chi connectivity index (χ4v) is 1.73. The Labute approximate surface area is 133 Å². The van der Waals surface area contributed by atoms with Crippen LogP contribution >= 0.6 is 11.6 Å². The molecule has 114 valence electrons. The Morgan fingerprint density at radius 3 is 2.41 bits per heavy atom. The van der Waals surface area contributed by atoms with Crippen LogP contribution in [0.4, 0.5) is 0 Å². The zero-order chi connectivity index (χ0) is 15.9. The van der Waals surface area contributed by atoms with Crippen LogP contribution in [0, 0.1) is 6.92 Å². The van der Waals surface area contributed by atoms with Gasteiger partial charge in [-0.15, -0.1) is 0 Å². The summed E-state index contributed by atoms with van der Waals surface area (Å²) < 4.78 is 5.29. The molecule has 0 heterocycles. The van der Waals surface area contributed by atoms with E-state index in [0.29, 0.717) is 16.3 Å². The predicted octanol–water partition coefficient (Wildman–Crippen LogP) is 0.972. The average molecular weight is 320 g/mol. The Morgan fingerprint density at radius 1 is 1.14 bits per heavy atom. The second-order valence-corrected chi connectivity index (χ2v) is 5.03. The number of nitrogens with two attached hydrogens (primary N) is 1. The van der Waals surface area contributed by atoms with Crippen molar-refractivity contribution in [1.29, 1.82) is 0 Å². The molecule has 6 heteroatoms. The van der Waals surface area contributed by atoms with Crippen LogP contribution < -0.4 is 15.6 Å². The summed E-state index contributed by atoms with van der Waals surface area (Å²) in [7, 11) is 0. The van der Waals surface area contributed by atoms with Crippen LogP contribution in [-0.2, 0) is 9.63 Å². The Morgan fingerprint density at radius 2 is 1.77 bits per heavy atom. The summed E-state index contributed by atoms with van der Waals surface area (Å²) in [4.78, 5) is 16.4. The van der Waals surface area contributed by atoms with Gasteiger partial charge in [0.2, 0.25) is 0 Å². The zero-order valence-corrected chi connectivity index (χ0v) is 12.8. The van der Waals surface area contributed by atoms with Crippen molar-refractivity contribution >= 4 is 23.4 Å². The van der Waals surface area contributed by atoms with E-state index in [1.165, 1.54) is 0 Å². The van der Waals surface area contributed by atoms with Crippen LogP contribution in [0.5, 0.6) is 5.75 Å². The van der Waals surface area contributed by atoms with E-state index in [9.17, 15) is 4.79 Å². The van der Waals surface area contributed by atoms with E-state index < -0.39 is 5.97 Å². The summed E-state index contributed by atoms with van der Waals surface area (Å²) >= 11 is 5.78. The number of aryl methyl sites for hydroxylation is 1. The number of amidine groups is 1. The fourth-order valence-electron chi connectivity index (χ4n) is 1.61. The molecule has 2 aromatic carbocycles. The van der Waals surface area contributed by atoms with Crippen molar-refractivity contribution in [2.24, 2.45) is 5.73 Å².